The van der Waals surface area contributed by atoms with Crippen LogP contribution in [0.25, 0.3) is 5.57 Å². The molecule has 0 aliphatic carbocycles. The molecule has 2 aliphatic heterocycles. The van der Waals surface area contributed by atoms with Crippen molar-refractivity contribution in [1.82, 2.24) is 0 Å². The number of fused-ring (bicyclic) bond motifs is 2. The van der Waals surface area contributed by atoms with E-state index in [0.29, 0.717) is 34.7 Å². The third kappa shape index (κ3) is 2.87. The van der Waals surface area contributed by atoms with Gasteiger partial charge in [-0.1, -0.05) is 50.2 Å². The maximum atomic E-state index is 12.7. The smallest absolute Gasteiger partial charge is 0.258 e. The molecule has 0 fully saturated rings. The molecule has 0 saturated heterocycles. The van der Waals surface area contributed by atoms with E-state index in [0.717, 1.165) is 16.8 Å². The lowest BCUT2D eigenvalue weighted by atomic mass is 9.86. The Morgan fingerprint density at radius 2 is 1.75 bits per heavy atom. The van der Waals surface area contributed by atoms with Crippen molar-refractivity contribution in [2.24, 2.45) is 10.6 Å². The monoisotopic (exact) mass is 375 g/mol. The molecule has 0 aromatic heterocycles. The lowest BCUT2D eigenvalue weighted by Crippen LogP contribution is -2.22. The minimum Gasteiger partial charge on any atom is -0.410 e. The number of nitrogens with one attached hydrogen (secondary N) is 2. The van der Waals surface area contributed by atoms with Gasteiger partial charge in [-0.05, 0) is 23.8 Å². The molecule has 0 radical (unpaired) electrons. The lowest BCUT2D eigenvalue weighted by Gasteiger charge is -2.16. The quantitative estimate of drug-likeness (QED) is 0.423. The molecule has 0 saturated carbocycles. The van der Waals surface area contributed by atoms with Crippen molar-refractivity contribution in [1.29, 1.82) is 0 Å². The van der Waals surface area contributed by atoms with Crippen LogP contribution < -0.4 is 10.6 Å². The van der Waals surface area contributed by atoms with E-state index < -0.39 is 5.41 Å². The number of hydrogen-bond donors (Lipinski definition) is 3. The van der Waals surface area contributed by atoms with E-state index >= 15 is 0 Å². The number of allylic oxidation sites excluding steroid dienone is 1. The van der Waals surface area contributed by atoms with Gasteiger partial charge in [0.1, 0.15) is 11.5 Å². The Morgan fingerprint density at radius 1 is 1.04 bits per heavy atom. The second-order valence-electron chi connectivity index (χ2n) is 8.05. The number of amides is 1. The van der Waals surface area contributed by atoms with Crippen molar-refractivity contribution in [2.45, 2.75) is 27.2 Å². The van der Waals surface area contributed by atoms with Gasteiger partial charge in [-0.25, -0.2) is 0 Å². The number of nitrogens with zero attached hydrogens (tertiary/aromatic N) is 1. The lowest BCUT2D eigenvalue weighted by molar-refractivity contribution is -0.125. The van der Waals surface area contributed by atoms with E-state index in [9.17, 15) is 14.8 Å². The van der Waals surface area contributed by atoms with Gasteiger partial charge in [0.2, 0.25) is 0 Å². The van der Waals surface area contributed by atoms with Crippen LogP contribution in [-0.4, -0.2) is 22.6 Å². The molecule has 0 spiro atoms. The van der Waals surface area contributed by atoms with E-state index in [4.69, 9.17) is 0 Å². The summed E-state index contributed by atoms with van der Waals surface area (Å²) in [7, 11) is 0. The summed E-state index contributed by atoms with van der Waals surface area (Å²) in [6.45, 7) is 5.68. The van der Waals surface area contributed by atoms with Crippen molar-refractivity contribution < 1.29 is 14.8 Å². The molecule has 142 valence electrons. The zero-order chi connectivity index (χ0) is 20.1. The molecule has 2 aromatic rings. The molecule has 2 aliphatic rings. The Hall–Kier alpha value is -3.41. The number of rotatable bonds is 2. The summed E-state index contributed by atoms with van der Waals surface area (Å²) in [4.78, 5) is 25.1. The van der Waals surface area contributed by atoms with Crippen molar-refractivity contribution in [3.63, 3.8) is 0 Å². The van der Waals surface area contributed by atoms with E-state index in [1.165, 1.54) is 0 Å². The fraction of sp³-hybridized carbons (Fsp3) is 0.227. The minimum atomic E-state index is -0.431. The topological polar surface area (TPSA) is 90.8 Å². The summed E-state index contributed by atoms with van der Waals surface area (Å²) in [5.74, 6) is -0.145. The first kappa shape index (κ1) is 18.0. The average molecular weight is 375 g/mol. The van der Waals surface area contributed by atoms with Crippen LogP contribution >= 0.6 is 0 Å². The SMILES string of the molecule is CC(C)(C)C(=O)Cc1ccc2c(c1)/C(=C1/Nc3ccccc3/C1=N/O)C(=O)N2. The molecule has 28 heavy (non-hydrogen) atoms. The molecule has 6 nitrogen and oxygen atoms in total. The standard InChI is InChI=1S/C22H21N3O3/c1-22(2,3)17(26)11-12-8-9-16-14(10-12)18(21(27)24-16)20-19(25-28)13-6-4-5-7-15(13)23-20/h4-10,23,28H,11H2,1-3H3,(H,24,27)/b20-18-,25-19-. The van der Waals surface area contributed by atoms with Gasteiger partial charge in [0, 0.05) is 34.3 Å². The van der Waals surface area contributed by atoms with Gasteiger partial charge in [-0.3, -0.25) is 9.59 Å². The summed E-state index contributed by atoms with van der Waals surface area (Å²) in [5, 5.41) is 19.0. The van der Waals surface area contributed by atoms with Gasteiger partial charge in [0.05, 0.1) is 11.3 Å². The van der Waals surface area contributed by atoms with E-state index in [1.807, 2.05) is 63.2 Å². The Labute approximate surface area is 163 Å². The highest BCUT2D eigenvalue weighted by molar-refractivity contribution is 6.39. The Bertz CT molecular complexity index is 1070. The van der Waals surface area contributed by atoms with Gasteiger partial charge in [-0.2, -0.15) is 0 Å². The molecule has 3 N–H and O–H groups in total. The number of ketones is 1. The van der Waals surface area contributed by atoms with Gasteiger partial charge >= 0.3 is 0 Å². The number of hydrogen-bond acceptors (Lipinski definition) is 5. The molecule has 0 unspecified atom stereocenters. The van der Waals surface area contributed by atoms with Crippen LogP contribution in [0.15, 0.2) is 53.3 Å². The van der Waals surface area contributed by atoms with Gasteiger partial charge in [0.25, 0.3) is 5.91 Å². The van der Waals surface area contributed by atoms with E-state index in [-0.39, 0.29) is 11.7 Å². The largest absolute Gasteiger partial charge is 0.410 e. The van der Waals surface area contributed by atoms with Crippen LogP contribution in [0.5, 0.6) is 0 Å². The van der Waals surface area contributed by atoms with Gasteiger partial charge in [-0.15, -0.1) is 0 Å². The van der Waals surface area contributed by atoms with Crippen LogP contribution in [0.3, 0.4) is 0 Å². The third-order valence-electron chi connectivity index (χ3n) is 5.06. The predicted molar refractivity (Wildman–Crippen MR) is 109 cm³/mol. The van der Waals surface area contributed by atoms with Crippen LogP contribution in [0, 0.1) is 5.41 Å². The molecular weight excluding hydrogens is 354 g/mol. The number of para-hydroxylation sites is 1. The Balaban J connectivity index is 1.80. The second kappa shape index (κ2) is 6.34. The zero-order valence-corrected chi connectivity index (χ0v) is 16.0. The summed E-state index contributed by atoms with van der Waals surface area (Å²) in [5.41, 5.74) is 4.47. The van der Waals surface area contributed by atoms with Crippen molar-refractivity contribution >= 4 is 34.3 Å². The fourth-order valence-electron chi connectivity index (χ4n) is 3.44. The first-order valence-corrected chi connectivity index (χ1v) is 9.10. The van der Waals surface area contributed by atoms with E-state index in [2.05, 4.69) is 15.8 Å². The maximum absolute atomic E-state index is 12.7. The Morgan fingerprint density at radius 3 is 2.46 bits per heavy atom. The van der Waals surface area contributed by atoms with Crippen molar-refractivity contribution in [2.75, 3.05) is 10.6 Å². The molecule has 2 heterocycles. The summed E-state index contributed by atoms with van der Waals surface area (Å²) < 4.78 is 0. The highest BCUT2D eigenvalue weighted by Crippen LogP contribution is 2.39. The molecule has 1 amide bonds. The zero-order valence-electron chi connectivity index (χ0n) is 16.0. The van der Waals surface area contributed by atoms with Crippen LogP contribution in [-0.2, 0) is 16.0 Å². The number of oxime groups is 1. The first-order valence-electron chi connectivity index (χ1n) is 9.10. The fourth-order valence-corrected chi connectivity index (χ4v) is 3.44. The first-order chi connectivity index (χ1) is 13.3. The molecule has 4 rings (SSSR count). The molecule has 0 atom stereocenters. The number of benzene rings is 2. The second-order valence-corrected chi connectivity index (χ2v) is 8.05. The van der Waals surface area contributed by atoms with Crippen LogP contribution in [0.1, 0.15) is 37.5 Å². The molecule has 0 bridgehead atoms. The Kier molecular flexibility index (Phi) is 4.07. The van der Waals surface area contributed by atoms with Crippen molar-refractivity contribution in [3.05, 3.63) is 64.9 Å². The van der Waals surface area contributed by atoms with Gasteiger partial charge < -0.3 is 15.8 Å². The highest BCUT2D eigenvalue weighted by Gasteiger charge is 2.34. The van der Waals surface area contributed by atoms with Crippen molar-refractivity contribution in [3.8, 4) is 0 Å². The molecule has 6 heteroatoms. The normalized spacial score (nSPS) is 19.2. The number of Topliss-reactive ketones (excluding diaryl/α,β-unsaturated/α-hetero) is 1. The van der Waals surface area contributed by atoms with E-state index in [1.54, 1.807) is 0 Å². The minimum absolute atomic E-state index is 0.128. The van der Waals surface area contributed by atoms with Gasteiger partial charge in [0.15, 0.2) is 0 Å². The average Bonchev–Trinajstić information content (AvgIpc) is 3.16. The molecule has 2 aromatic carbocycles. The highest BCUT2D eigenvalue weighted by atomic mass is 16.4. The molecular formula is C22H21N3O3. The van der Waals surface area contributed by atoms with Crippen LogP contribution in [0.4, 0.5) is 11.4 Å². The summed E-state index contributed by atoms with van der Waals surface area (Å²) in [6, 6.07) is 12.9. The third-order valence-corrected chi connectivity index (χ3v) is 5.06. The summed E-state index contributed by atoms with van der Waals surface area (Å²) >= 11 is 0. The number of anilines is 2. The number of carbonyl (C=O) groups excluding carboxylic acids is 2. The number of carbonyl (C=O) groups is 2. The predicted octanol–water partition coefficient (Wildman–Crippen LogP) is 3.81. The maximum Gasteiger partial charge on any atom is 0.258 e. The van der Waals surface area contributed by atoms with Crippen LogP contribution in [0.2, 0.25) is 0 Å². The summed E-state index contributed by atoms with van der Waals surface area (Å²) in [6.07, 6.45) is 0.294.